The van der Waals surface area contributed by atoms with Crippen molar-refractivity contribution in [3.63, 3.8) is 0 Å². The normalized spacial score (nSPS) is 32.7. The summed E-state index contributed by atoms with van der Waals surface area (Å²) in [6.07, 6.45) is 13.1. The van der Waals surface area contributed by atoms with E-state index in [1.54, 1.807) is 12.2 Å². The molecular weight excluding hydrogens is 213 g/mol. The fraction of sp³-hybridized carbons (Fsp3) is 0.600. The predicted molar refractivity (Wildman–Crippen MR) is 70.5 cm³/mol. The van der Waals surface area contributed by atoms with Crippen molar-refractivity contribution in [3.05, 3.63) is 35.7 Å². The number of hydrogen-bond donors (Lipinski definition) is 0. The van der Waals surface area contributed by atoms with Crippen LogP contribution in [0.3, 0.4) is 0 Å². The van der Waals surface area contributed by atoms with Gasteiger partial charge in [0.15, 0.2) is 0 Å². The van der Waals surface area contributed by atoms with Gasteiger partial charge in [0, 0.05) is 0 Å². The van der Waals surface area contributed by atoms with Gasteiger partial charge < -0.3 is 4.90 Å². The van der Waals surface area contributed by atoms with Crippen molar-refractivity contribution in [1.29, 1.82) is 0 Å². The van der Waals surface area contributed by atoms with Crippen LogP contribution in [-0.2, 0) is 0 Å². The van der Waals surface area contributed by atoms with Crippen molar-refractivity contribution < 1.29 is 4.39 Å². The minimum atomic E-state index is -0.0821. The van der Waals surface area contributed by atoms with Crippen molar-refractivity contribution in [2.45, 2.75) is 32.1 Å². The minimum Gasteiger partial charge on any atom is -0.306 e. The van der Waals surface area contributed by atoms with E-state index in [4.69, 9.17) is 0 Å². The second-order valence-electron chi connectivity index (χ2n) is 5.13. The van der Waals surface area contributed by atoms with Crippen LogP contribution >= 0.6 is 0 Å². The van der Waals surface area contributed by atoms with Gasteiger partial charge in [-0.25, -0.2) is 4.39 Å². The predicted octanol–water partition coefficient (Wildman–Crippen LogP) is 3.85. The molecule has 1 saturated heterocycles. The zero-order chi connectivity index (χ0) is 12.1. The van der Waals surface area contributed by atoms with Crippen molar-refractivity contribution in [1.82, 2.24) is 4.90 Å². The van der Waals surface area contributed by atoms with Gasteiger partial charge in [-0.05, 0) is 75.9 Å². The molecule has 0 N–H and O–H groups in total. The molecule has 0 bridgehead atoms. The van der Waals surface area contributed by atoms with E-state index in [0.29, 0.717) is 5.92 Å². The standard InChI is InChI=1S/C15H22FN/c1-17-11-4-6-14(10-12-17)13-5-2-3-7-15(16)9-8-13/h5,7-9,14H,2-4,6,10-12H2,1H3/b9-8-,13-5+,15-7?. The Kier molecular flexibility index (Phi) is 4.55. The van der Waals surface area contributed by atoms with Crippen LogP contribution in [0.2, 0.25) is 0 Å². The van der Waals surface area contributed by atoms with Gasteiger partial charge in [0.05, 0.1) is 0 Å². The molecule has 2 rings (SSSR count). The number of hydrogen-bond acceptors (Lipinski definition) is 1. The molecule has 0 saturated carbocycles. The molecule has 0 aromatic carbocycles. The smallest absolute Gasteiger partial charge is 0.119 e. The first-order valence-electron chi connectivity index (χ1n) is 6.68. The van der Waals surface area contributed by atoms with Crippen molar-refractivity contribution in [2.24, 2.45) is 5.92 Å². The third-order valence-corrected chi connectivity index (χ3v) is 3.74. The van der Waals surface area contributed by atoms with Crippen LogP contribution in [0, 0.1) is 5.92 Å². The second-order valence-corrected chi connectivity index (χ2v) is 5.13. The van der Waals surface area contributed by atoms with E-state index in [0.717, 1.165) is 19.4 Å². The van der Waals surface area contributed by atoms with E-state index < -0.39 is 0 Å². The average Bonchev–Trinajstić information content (AvgIpc) is 2.50. The number of likely N-dealkylation sites (tertiary alicyclic amines) is 1. The molecule has 1 nitrogen and oxygen atoms in total. The van der Waals surface area contributed by atoms with Gasteiger partial charge in [-0.15, -0.1) is 0 Å². The molecule has 2 aliphatic rings. The average molecular weight is 235 g/mol. The fourth-order valence-corrected chi connectivity index (χ4v) is 2.66. The Morgan fingerprint density at radius 3 is 2.82 bits per heavy atom. The lowest BCUT2D eigenvalue weighted by Gasteiger charge is -2.17. The molecule has 0 aromatic rings. The van der Waals surface area contributed by atoms with Gasteiger partial charge >= 0.3 is 0 Å². The van der Waals surface area contributed by atoms with E-state index in [2.05, 4.69) is 18.0 Å². The lowest BCUT2D eigenvalue weighted by atomic mass is 9.90. The summed E-state index contributed by atoms with van der Waals surface area (Å²) in [5, 5.41) is 0. The van der Waals surface area contributed by atoms with Gasteiger partial charge in [0.2, 0.25) is 0 Å². The maximum atomic E-state index is 13.2. The Bertz CT molecular complexity index is 341. The van der Waals surface area contributed by atoms with Crippen LogP contribution < -0.4 is 0 Å². The molecular formula is C15H22FN. The Labute approximate surface area is 104 Å². The van der Waals surface area contributed by atoms with Gasteiger partial charge in [0.25, 0.3) is 0 Å². The zero-order valence-electron chi connectivity index (χ0n) is 10.7. The molecule has 0 amide bonds. The summed E-state index contributed by atoms with van der Waals surface area (Å²) in [6.45, 7) is 2.36. The first kappa shape index (κ1) is 12.6. The molecule has 1 heterocycles. The van der Waals surface area contributed by atoms with Crippen molar-refractivity contribution >= 4 is 0 Å². The van der Waals surface area contributed by atoms with Gasteiger partial charge in [-0.1, -0.05) is 12.2 Å². The Morgan fingerprint density at radius 1 is 1.12 bits per heavy atom. The Balaban J connectivity index is 2.05. The van der Waals surface area contributed by atoms with Crippen LogP contribution in [0.1, 0.15) is 32.1 Å². The highest BCUT2D eigenvalue weighted by Crippen LogP contribution is 2.27. The quantitative estimate of drug-likeness (QED) is 0.667. The molecule has 0 aromatic heterocycles. The second kappa shape index (κ2) is 6.15. The molecule has 2 heteroatoms. The SMILES string of the molecule is CN1CCCC(C2=C/CCC=C(F)/C=C\2)CC1. The third-order valence-electron chi connectivity index (χ3n) is 3.74. The maximum Gasteiger partial charge on any atom is 0.119 e. The molecule has 94 valence electrons. The van der Waals surface area contributed by atoms with Gasteiger partial charge in [-0.2, -0.15) is 0 Å². The largest absolute Gasteiger partial charge is 0.306 e. The lowest BCUT2D eigenvalue weighted by molar-refractivity contribution is 0.345. The molecule has 0 spiro atoms. The summed E-state index contributed by atoms with van der Waals surface area (Å²) >= 11 is 0. The Hall–Kier alpha value is -0.890. The number of allylic oxidation sites excluding steroid dienone is 6. The lowest BCUT2D eigenvalue weighted by Crippen LogP contribution is -2.19. The summed E-state index contributed by atoms with van der Waals surface area (Å²) in [5.41, 5.74) is 1.35. The van der Waals surface area contributed by atoms with Gasteiger partial charge in [0.1, 0.15) is 5.83 Å². The van der Waals surface area contributed by atoms with E-state index in [9.17, 15) is 4.39 Å². The first-order valence-corrected chi connectivity index (χ1v) is 6.68. The molecule has 1 aliphatic heterocycles. The van der Waals surface area contributed by atoms with Crippen LogP contribution in [0.4, 0.5) is 4.39 Å². The monoisotopic (exact) mass is 235 g/mol. The highest BCUT2D eigenvalue weighted by atomic mass is 19.1. The van der Waals surface area contributed by atoms with E-state index in [1.807, 2.05) is 6.08 Å². The summed E-state index contributed by atoms with van der Waals surface area (Å²) in [7, 11) is 2.19. The maximum absolute atomic E-state index is 13.2. The minimum absolute atomic E-state index is 0.0821. The molecule has 1 aliphatic carbocycles. The summed E-state index contributed by atoms with van der Waals surface area (Å²) < 4.78 is 13.2. The van der Waals surface area contributed by atoms with Gasteiger partial charge in [-0.3, -0.25) is 0 Å². The van der Waals surface area contributed by atoms with Crippen LogP contribution in [0.15, 0.2) is 35.7 Å². The molecule has 1 atom stereocenters. The van der Waals surface area contributed by atoms with Crippen molar-refractivity contribution in [2.75, 3.05) is 20.1 Å². The molecule has 17 heavy (non-hydrogen) atoms. The summed E-state index contributed by atoms with van der Waals surface area (Å²) in [5.74, 6) is 0.545. The highest BCUT2D eigenvalue weighted by molar-refractivity contribution is 5.28. The zero-order valence-corrected chi connectivity index (χ0v) is 10.7. The molecule has 1 unspecified atom stereocenters. The van der Waals surface area contributed by atoms with Crippen LogP contribution in [0.5, 0.6) is 0 Å². The van der Waals surface area contributed by atoms with Crippen LogP contribution in [0.25, 0.3) is 0 Å². The van der Waals surface area contributed by atoms with Crippen molar-refractivity contribution in [3.8, 4) is 0 Å². The van der Waals surface area contributed by atoms with E-state index in [1.165, 1.54) is 31.4 Å². The molecule has 1 fully saturated rings. The Morgan fingerprint density at radius 2 is 1.94 bits per heavy atom. The number of nitrogens with zero attached hydrogens (tertiary/aromatic N) is 1. The van der Waals surface area contributed by atoms with E-state index in [-0.39, 0.29) is 5.83 Å². The fourth-order valence-electron chi connectivity index (χ4n) is 2.66. The summed E-state index contributed by atoms with van der Waals surface area (Å²) in [6, 6.07) is 0. The van der Waals surface area contributed by atoms with E-state index >= 15 is 0 Å². The highest BCUT2D eigenvalue weighted by Gasteiger charge is 2.17. The van der Waals surface area contributed by atoms with Crippen LogP contribution in [-0.4, -0.2) is 25.0 Å². The topological polar surface area (TPSA) is 3.24 Å². The number of rotatable bonds is 1. The third kappa shape index (κ3) is 3.81. The summed E-state index contributed by atoms with van der Waals surface area (Å²) in [4.78, 5) is 2.40. The first-order chi connectivity index (χ1) is 8.25. The number of halogens is 1. The molecule has 0 radical (unpaired) electrons.